The van der Waals surface area contributed by atoms with Gasteiger partial charge in [0.2, 0.25) is 17.5 Å². The standard InChI is InChI=1S/C21H19ClN4O2/c1-27-18-8-6-17(7-9-18)25-10-12-26(13-11-25)21-19(14-23)24-20(28-21)15-2-4-16(22)5-3-15/h2-9H,10-13H2,1H3. The molecule has 0 bridgehead atoms. The summed E-state index contributed by atoms with van der Waals surface area (Å²) < 4.78 is 11.2. The van der Waals surface area contributed by atoms with Crippen molar-refractivity contribution < 1.29 is 9.15 Å². The molecule has 0 amide bonds. The van der Waals surface area contributed by atoms with Crippen molar-refractivity contribution in [3.63, 3.8) is 0 Å². The van der Waals surface area contributed by atoms with Gasteiger partial charge in [-0.05, 0) is 48.5 Å². The first-order valence-corrected chi connectivity index (χ1v) is 9.36. The molecular weight excluding hydrogens is 376 g/mol. The topological polar surface area (TPSA) is 65.5 Å². The van der Waals surface area contributed by atoms with Gasteiger partial charge in [0.05, 0.1) is 7.11 Å². The van der Waals surface area contributed by atoms with Gasteiger partial charge >= 0.3 is 0 Å². The van der Waals surface area contributed by atoms with Crippen molar-refractivity contribution in [1.29, 1.82) is 5.26 Å². The van der Waals surface area contributed by atoms with E-state index < -0.39 is 0 Å². The van der Waals surface area contributed by atoms with Gasteiger partial charge in [-0.25, -0.2) is 0 Å². The molecule has 0 atom stereocenters. The summed E-state index contributed by atoms with van der Waals surface area (Å²) in [4.78, 5) is 8.74. The molecule has 1 aliphatic rings. The third-order valence-electron chi connectivity index (χ3n) is 4.81. The summed E-state index contributed by atoms with van der Waals surface area (Å²) in [5, 5.41) is 10.1. The Morgan fingerprint density at radius 2 is 1.64 bits per heavy atom. The number of nitrogens with zero attached hydrogens (tertiary/aromatic N) is 4. The summed E-state index contributed by atoms with van der Waals surface area (Å²) in [6.07, 6.45) is 0. The number of methoxy groups -OCH3 is 1. The molecule has 0 radical (unpaired) electrons. The first kappa shape index (κ1) is 18.2. The summed E-state index contributed by atoms with van der Waals surface area (Å²) in [5.41, 5.74) is 2.26. The molecule has 0 N–H and O–H groups in total. The van der Waals surface area contributed by atoms with E-state index in [1.807, 2.05) is 24.3 Å². The van der Waals surface area contributed by atoms with Crippen molar-refractivity contribution in [2.75, 3.05) is 43.1 Å². The van der Waals surface area contributed by atoms with Crippen LogP contribution in [0.1, 0.15) is 5.69 Å². The minimum absolute atomic E-state index is 0.308. The molecular formula is C21H19ClN4O2. The Morgan fingerprint density at radius 1 is 1.00 bits per heavy atom. The van der Waals surface area contributed by atoms with Gasteiger partial charge in [0.15, 0.2) is 0 Å². The van der Waals surface area contributed by atoms with E-state index in [1.165, 1.54) is 0 Å². The lowest BCUT2D eigenvalue weighted by atomic mass is 10.2. The molecule has 142 valence electrons. The van der Waals surface area contributed by atoms with Gasteiger partial charge in [-0.3, -0.25) is 0 Å². The van der Waals surface area contributed by atoms with Crippen LogP contribution in [0.3, 0.4) is 0 Å². The van der Waals surface area contributed by atoms with Crippen LogP contribution in [0.25, 0.3) is 11.5 Å². The van der Waals surface area contributed by atoms with Crippen LogP contribution in [0, 0.1) is 11.3 Å². The second-order valence-corrected chi connectivity index (χ2v) is 6.90. The number of nitriles is 1. The SMILES string of the molecule is COc1ccc(N2CCN(c3oc(-c4ccc(Cl)cc4)nc3C#N)CC2)cc1. The van der Waals surface area contributed by atoms with Crippen LogP contribution in [0.5, 0.6) is 5.75 Å². The highest BCUT2D eigenvalue weighted by Gasteiger charge is 2.24. The number of anilines is 2. The van der Waals surface area contributed by atoms with Gasteiger partial charge in [-0.15, -0.1) is 0 Å². The fraction of sp³-hybridized carbons (Fsp3) is 0.238. The Labute approximate surface area is 168 Å². The Bertz CT molecular complexity index is 985. The minimum atomic E-state index is 0.308. The van der Waals surface area contributed by atoms with E-state index in [0.717, 1.165) is 43.2 Å². The number of ether oxygens (including phenoxy) is 1. The predicted molar refractivity (Wildman–Crippen MR) is 109 cm³/mol. The lowest BCUT2D eigenvalue weighted by Gasteiger charge is -2.35. The molecule has 3 aromatic rings. The average Bonchev–Trinajstić information content (AvgIpc) is 3.19. The molecule has 1 fully saturated rings. The number of rotatable bonds is 4. The Kier molecular flexibility index (Phi) is 5.09. The van der Waals surface area contributed by atoms with E-state index in [0.29, 0.717) is 22.5 Å². The molecule has 1 aromatic heterocycles. The van der Waals surface area contributed by atoms with Gasteiger partial charge in [0, 0.05) is 42.5 Å². The van der Waals surface area contributed by atoms with Crippen LogP contribution in [-0.4, -0.2) is 38.3 Å². The number of aromatic nitrogens is 1. The molecule has 0 aliphatic carbocycles. The molecule has 1 aliphatic heterocycles. The van der Waals surface area contributed by atoms with E-state index in [1.54, 1.807) is 19.2 Å². The lowest BCUT2D eigenvalue weighted by molar-refractivity contribution is 0.415. The van der Waals surface area contributed by atoms with Crippen molar-refractivity contribution in [2.45, 2.75) is 0 Å². The number of hydrogen-bond donors (Lipinski definition) is 0. The maximum atomic E-state index is 9.49. The zero-order chi connectivity index (χ0) is 19.5. The summed E-state index contributed by atoms with van der Waals surface area (Å²) >= 11 is 5.94. The summed E-state index contributed by atoms with van der Waals surface area (Å²) in [6.45, 7) is 3.15. The molecule has 7 heteroatoms. The van der Waals surface area contributed by atoms with Gasteiger partial charge in [0.25, 0.3) is 0 Å². The second-order valence-electron chi connectivity index (χ2n) is 6.46. The first-order valence-electron chi connectivity index (χ1n) is 8.99. The molecule has 0 saturated carbocycles. The van der Waals surface area contributed by atoms with Crippen LogP contribution >= 0.6 is 11.6 Å². The summed E-state index contributed by atoms with van der Waals surface area (Å²) in [7, 11) is 1.66. The molecule has 0 unspecified atom stereocenters. The normalized spacial score (nSPS) is 14.0. The molecule has 2 heterocycles. The third kappa shape index (κ3) is 3.62. The van der Waals surface area contributed by atoms with Crippen LogP contribution in [0.2, 0.25) is 5.02 Å². The molecule has 6 nitrogen and oxygen atoms in total. The highest BCUT2D eigenvalue weighted by atomic mass is 35.5. The number of oxazole rings is 1. The monoisotopic (exact) mass is 394 g/mol. The first-order chi connectivity index (χ1) is 13.7. The molecule has 0 spiro atoms. The van der Waals surface area contributed by atoms with Crippen LogP contribution in [0.4, 0.5) is 11.6 Å². The van der Waals surface area contributed by atoms with Crippen molar-refractivity contribution in [3.05, 3.63) is 59.2 Å². The van der Waals surface area contributed by atoms with Crippen molar-refractivity contribution in [2.24, 2.45) is 0 Å². The number of halogens is 1. The van der Waals surface area contributed by atoms with Gasteiger partial charge in [0.1, 0.15) is 11.8 Å². The third-order valence-corrected chi connectivity index (χ3v) is 5.06. The van der Waals surface area contributed by atoms with E-state index >= 15 is 0 Å². The number of piperazine rings is 1. The summed E-state index contributed by atoms with van der Waals surface area (Å²) in [5.74, 6) is 1.81. The van der Waals surface area contributed by atoms with Gasteiger partial charge in [-0.1, -0.05) is 11.6 Å². The van der Waals surface area contributed by atoms with Crippen LogP contribution in [-0.2, 0) is 0 Å². The fourth-order valence-corrected chi connectivity index (χ4v) is 3.40. The largest absolute Gasteiger partial charge is 0.497 e. The zero-order valence-corrected chi connectivity index (χ0v) is 16.2. The highest BCUT2D eigenvalue weighted by Crippen LogP contribution is 2.30. The maximum Gasteiger partial charge on any atom is 0.235 e. The van der Waals surface area contributed by atoms with Crippen molar-refractivity contribution in [1.82, 2.24) is 4.98 Å². The molecule has 1 saturated heterocycles. The Hall–Kier alpha value is -3.17. The van der Waals surface area contributed by atoms with E-state index in [2.05, 4.69) is 33.0 Å². The minimum Gasteiger partial charge on any atom is -0.497 e. The van der Waals surface area contributed by atoms with E-state index in [-0.39, 0.29) is 0 Å². The van der Waals surface area contributed by atoms with E-state index in [4.69, 9.17) is 20.8 Å². The number of hydrogen-bond acceptors (Lipinski definition) is 6. The van der Waals surface area contributed by atoms with Gasteiger partial charge < -0.3 is 19.0 Å². The Morgan fingerprint density at radius 3 is 2.25 bits per heavy atom. The average molecular weight is 395 g/mol. The van der Waals surface area contributed by atoms with Crippen molar-refractivity contribution in [3.8, 4) is 23.3 Å². The smallest absolute Gasteiger partial charge is 0.235 e. The van der Waals surface area contributed by atoms with E-state index in [9.17, 15) is 5.26 Å². The Balaban J connectivity index is 1.49. The lowest BCUT2D eigenvalue weighted by Crippen LogP contribution is -2.46. The van der Waals surface area contributed by atoms with Crippen LogP contribution in [0.15, 0.2) is 52.9 Å². The predicted octanol–water partition coefficient (Wildman–Crippen LogP) is 4.20. The fourth-order valence-electron chi connectivity index (χ4n) is 3.28. The van der Waals surface area contributed by atoms with Crippen molar-refractivity contribution >= 4 is 23.2 Å². The molecule has 28 heavy (non-hydrogen) atoms. The highest BCUT2D eigenvalue weighted by molar-refractivity contribution is 6.30. The van der Waals surface area contributed by atoms with Gasteiger partial charge in [-0.2, -0.15) is 10.2 Å². The number of benzene rings is 2. The summed E-state index contributed by atoms with van der Waals surface area (Å²) in [6, 6.07) is 17.4. The van der Waals surface area contributed by atoms with Crippen LogP contribution < -0.4 is 14.5 Å². The quantitative estimate of drug-likeness (QED) is 0.660. The molecule has 4 rings (SSSR count). The maximum absolute atomic E-state index is 9.49. The second kappa shape index (κ2) is 7.83. The molecule has 2 aromatic carbocycles. The zero-order valence-electron chi connectivity index (χ0n) is 15.4.